The van der Waals surface area contributed by atoms with Gasteiger partial charge in [-0.1, -0.05) is 32.1 Å². The van der Waals surface area contributed by atoms with Crippen LogP contribution >= 0.6 is 0 Å². The molecule has 0 amide bonds. The number of aromatic nitrogens is 1. The average Bonchev–Trinajstić information content (AvgIpc) is 3.08. The first-order valence-corrected chi connectivity index (χ1v) is 12.4. The molecule has 2 unspecified atom stereocenters. The van der Waals surface area contributed by atoms with E-state index in [2.05, 4.69) is 42.6 Å². The van der Waals surface area contributed by atoms with Crippen LogP contribution in [0.15, 0.2) is 60.3 Å². The number of likely N-dealkylation sites (N-methyl/N-ethyl adjacent to an activating group) is 1. The molecule has 0 saturated carbocycles. The maximum atomic E-state index is 13.3. The molecule has 2 heterocycles. The van der Waals surface area contributed by atoms with Crippen molar-refractivity contribution in [2.75, 3.05) is 30.5 Å². The molecule has 2 atom stereocenters. The SMILES string of the molecule is C=CCOCC(CC(C)C)N(C)S(=O)(=O)c1ccc(CN2c3ccncc3NC2C)cc1. The zero-order valence-electron chi connectivity index (χ0n) is 19.4. The Bertz CT molecular complexity index is 1010. The molecule has 0 fully saturated rings. The van der Waals surface area contributed by atoms with Gasteiger partial charge in [0.15, 0.2) is 0 Å². The molecule has 32 heavy (non-hydrogen) atoms. The molecule has 0 bridgehead atoms. The van der Waals surface area contributed by atoms with Crippen molar-refractivity contribution < 1.29 is 13.2 Å². The molecule has 2 aromatic rings. The van der Waals surface area contributed by atoms with Gasteiger partial charge in [0.1, 0.15) is 0 Å². The summed E-state index contributed by atoms with van der Waals surface area (Å²) in [6, 6.07) is 8.92. The van der Waals surface area contributed by atoms with E-state index in [1.54, 1.807) is 31.5 Å². The lowest BCUT2D eigenvalue weighted by Crippen LogP contribution is -2.41. The summed E-state index contributed by atoms with van der Waals surface area (Å²) in [4.78, 5) is 6.70. The molecule has 0 spiro atoms. The first-order chi connectivity index (χ1) is 15.2. The normalized spacial score (nSPS) is 16.8. The van der Waals surface area contributed by atoms with Crippen LogP contribution in [0.2, 0.25) is 0 Å². The van der Waals surface area contributed by atoms with Crippen LogP contribution in [0.1, 0.15) is 32.8 Å². The Morgan fingerprint density at radius 2 is 2.00 bits per heavy atom. The number of rotatable bonds is 11. The predicted molar refractivity (Wildman–Crippen MR) is 129 cm³/mol. The first kappa shape index (κ1) is 24.2. The second-order valence-corrected chi connectivity index (χ2v) is 10.6. The molecule has 1 N–H and O–H groups in total. The summed E-state index contributed by atoms with van der Waals surface area (Å²) < 4.78 is 33.6. The molecule has 174 valence electrons. The molecule has 7 nitrogen and oxygen atoms in total. The highest BCUT2D eigenvalue weighted by molar-refractivity contribution is 7.89. The number of benzene rings is 1. The highest BCUT2D eigenvalue weighted by atomic mass is 32.2. The van der Waals surface area contributed by atoms with Crippen molar-refractivity contribution in [1.82, 2.24) is 9.29 Å². The number of hydrogen-bond acceptors (Lipinski definition) is 6. The van der Waals surface area contributed by atoms with Crippen molar-refractivity contribution in [2.24, 2.45) is 5.92 Å². The minimum atomic E-state index is -3.63. The van der Waals surface area contributed by atoms with Crippen LogP contribution in [0.3, 0.4) is 0 Å². The number of ether oxygens (including phenoxy) is 1. The van der Waals surface area contributed by atoms with Gasteiger partial charge in [0.2, 0.25) is 10.0 Å². The van der Waals surface area contributed by atoms with Crippen molar-refractivity contribution in [2.45, 2.75) is 50.8 Å². The largest absolute Gasteiger partial charge is 0.376 e. The number of fused-ring (bicyclic) bond motifs is 1. The van der Waals surface area contributed by atoms with Crippen LogP contribution in [0.5, 0.6) is 0 Å². The Balaban J connectivity index is 1.74. The maximum absolute atomic E-state index is 13.3. The van der Waals surface area contributed by atoms with Gasteiger partial charge in [0.05, 0.1) is 41.8 Å². The summed E-state index contributed by atoms with van der Waals surface area (Å²) in [5.74, 6) is 0.349. The highest BCUT2D eigenvalue weighted by Crippen LogP contribution is 2.34. The van der Waals surface area contributed by atoms with Gasteiger partial charge in [0, 0.05) is 25.8 Å². The third-order valence-electron chi connectivity index (χ3n) is 5.70. The summed E-state index contributed by atoms with van der Waals surface area (Å²) in [6.45, 7) is 11.3. The van der Waals surface area contributed by atoms with Gasteiger partial charge in [-0.05, 0) is 43.0 Å². The number of anilines is 2. The summed E-state index contributed by atoms with van der Waals surface area (Å²) in [5.41, 5.74) is 3.15. The van der Waals surface area contributed by atoms with E-state index in [4.69, 9.17) is 4.74 Å². The van der Waals surface area contributed by atoms with E-state index in [1.165, 1.54) is 4.31 Å². The van der Waals surface area contributed by atoms with E-state index < -0.39 is 10.0 Å². The summed E-state index contributed by atoms with van der Waals surface area (Å²) >= 11 is 0. The second kappa shape index (κ2) is 10.5. The van der Waals surface area contributed by atoms with Gasteiger partial charge in [-0.15, -0.1) is 6.58 Å². The first-order valence-electron chi connectivity index (χ1n) is 11.0. The molecule has 0 radical (unpaired) electrons. The highest BCUT2D eigenvalue weighted by Gasteiger charge is 2.29. The molecular weight excluding hydrogens is 424 g/mol. The Kier molecular flexibility index (Phi) is 7.92. The number of nitrogens with one attached hydrogen (secondary N) is 1. The predicted octanol–water partition coefficient (Wildman–Crippen LogP) is 4.10. The monoisotopic (exact) mass is 458 g/mol. The quantitative estimate of drug-likeness (QED) is 0.404. The smallest absolute Gasteiger partial charge is 0.243 e. The molecule has 3 rings (SSSR count). The van der Waals surface area contributed by atoms with Gasteiger partial charge in [-0.3, -0.25) is 4.98 Å². The van der Waals surface area contributed by atoms with Crippen molar-refractivity contribution in [3.8, 4) is 0 Å². The molecule has 1 aromatic carbocycles. The van der Waals surface area contributed by atoms with Gasteiger partial charge in [-0.25, -0.2) is 8.42 Å². The topological polar surface area (TPSA) is 74.8 Å². The lowest BCUT2D eigenvalue weighted by Gasteiger charge is -2.29. The molecule has 0 saturated heterocycles. The van der Waals surface area contributed by atoms with E-state index in [-0.39, 0.29) is 12.2 Å². The van der Waals surface area contributed by atoms with Crippen molar-refractivity contribution in [3.05, 3.63) is 60.9 Å². The number of sulfonamides is 1. The zero-order valence-corrected chi connectivity index (χ0v) is 20.2. The third-order valence-corrected chi connectivity index (χ3v) is 7.62. The summed E-state index contributed by atoms with van der Waals surface area (Å²) in [6.07, 6.45) is 6.13. The van der Waals surface area contributed by atoms with E-state index >= 15 is 0 Å². The lowest BCUT2D eigenvalue weighted by atomic mass is 10.0. The van der Waals surface area contributed by atoms with Crippen molar-refractivity contribution >= 4 is 21.4 Å². The van der Waals surface area contributed by atoms with E-state index in [9.17, 15) is 8.42 Å². The molecule has 1 aromatic heterocycles. The fourth-order valence-electron chi connectivity index (χ4n) is 3.96. The third kappa shape index (κ3) is 5.49. The van der Waals surface area contributed by atoms with Crippen LogP contribution in [-0.2, 0) is 21.3 Å². The van der Waals surface area contributed by atoms with Gasteiger partial charge in [0.25, 0.3) is 0 Å². The van der Waals surface area contributed by atoms with Crippen molar-refractivity contribution in [3.63, 3.8) is 0 Å². The van der Waals surface area contributed by atoms with Crippen molar-refractivity contribution in [1.29, 1.82) is 0 Å². The van der Waals surface area contributed by atoms with E-state index in [1.807, 2.05) is 24.4 Å². The van der Waals surface area contributed by atoms with Crippen LogP contribution in [0.25, 0.3) is 0 Å². The number of hydrogen-bond donors (Lipinski definition) is 1. The molecule has 1 aliphatic heterocycles. The average molecular weight is 459 g/mol. The Hall–Kier alpha value is -2.42. The fraction of sp³-hybridized carbons (Fsp3) is 0.458. The van der Waals surface area contributed by atoms with Crippen LogP contribution in [0, 0.1) is 5.92 Å². The van der Waals surface area contributed by atoms with E-state index in [0.29, 0.717) is 30.6 Å². The Labute approximate surface area is 192 Å². The summed E-state index contributed by atoms with van der Waals surface area (Å²) in [5, 5.41) is 3.41. The van der Waals surface area contributed by atoms with Crippen LogP contribution in [0.4, 0.5) is 11.4 Å². The molecule has 0 aliphatic carbocycles. The van der Waals surface area contributed by atoms with Crippen LogP contribution in [-0.4, -0.2) is 50.2 Å². The van der Waals surface area contributed by atoms with Gasteiger partial charge in [-0.2, -0.15) is 4.31 Å². The molecule has 1 aliphatic rings. The fourth-order valence-corrected chi connectivity index (χ4v) is 5.31. The molecular formula is C24H34N4O3S. The van der Waals surface area contributed by atoms with E-state index in [0.717, 1.165) is 23.4 Å². The van der Waals surface area contributed by atoms with Crippen LogP contribution < -0.4 is 10.2 Å². The van der Waals surface area contributed by atoms with Gasteiger partial charge < -0.3 is 15.0 Å². The number of nitrogens with zero attached hydrogens (tertiary/aromatic N) is 3. The summed E-state index contributed by atoms with van der Waals surface area (Å²) in [7, 11) is -2.00. The molecule has 8 heteroatoms. The Morgan fingerprint density at radius 1 is 1.28 bits per heavy atom. The Morgan fingerprint density at radius 3 is 2.66 bits per heavy atom. The zero-order chi connectivity index (χ0) is 23.3. The second-order valence-electron chi connectivity index (χ2n) is 8.62. The minimum Gasteiger partial charge on any atom is -0.376 e. The maximum Gasteiger partial charge on any atom is 0.243 e. The lowest BCUT2D eigenvalue weighted by molar-refractivity contribution is 0.106. The van der Waals surface area contributed by atoms with Gasteiger partial charge >= 0.3 is 0 Å². The number of pyridine rings is 1. The minimum absolute atomic E-state index is 0.135. The standard InChI is InChI=1S/C24H34N4O3S/c1-6-13-31-17-21(14-18(2)3)27(5)32(29,30)22-9-7-20(8-10-22)16-28-19(4)26-23-15-25-12-11-24(23)28/h6-12,15,18-19,21,26H,1,13-14,16-17H2,2-5H3.